The van der Waals surface area contributed by atoms with E-state index in [0.29, 0.717) is 46.3 Å². The van der Waals surface area contributed by atoms with E-state index in [0.717, 1.165) is 4.73 Å². The van der Waals surface area contributed by atoms with Gasteiger partial charge < -0.3 is 25.7 Å². The highest BCUT2D eigenvalue weighted by atomic mass is 16.5. The smallest absolute Gasteiger partial charge is 0.333 e. The molecule has 0 fully saturated rings. The first-order valence-corrected chi connectivity index (χ1v) is 10.2. The number of benzene rings is 2. The Kier molecular flexibility index (Phi) is 6.99. The lowest BCUT2D eigenvalue weighted by atomic mass is 10.0. The summed E-state index contributed by atoms with van der Waals surface area (Å²) in [6.07, 6.45) is 1.55. The molecule has 0 bridgehead atoms. The van der Waals surface area contributed by atoms with Gasteiger partial charge in [0.1, 0.15) is 23.1 Å². The predicted molar refractivity (Wildman–Crippen MR) is 121 cm³/mol. The molecule has 9 nitrogen and oxygen atoms in total. The van der Waals surface area contributed by atoms with Crippen molar-refractivity contribution in [1.82, 2.24) is 9.71 Å². The highest BCUT2D eigenvalue weighted by molar-refractivity contribution is 5.95. The summed E-state index contributed by atoms with van der Waals surface area (Å²) in [5, 5.41) is 21.0. The Morgan fingerprint density at radius 1 is 1.22 bits per heavy atom. The van der Waals surface area contributed by atoms with Gasteiger partial charge in [0.25, 0.3) is 0 Å². The number of aromatic nitrogens is 2. The molecule has 0 radical (unpaired) electrons. The van der Waals surface area contributed by atoms with Crippen molar-refractivity contribution >= 4 is 17.5 Å². The molecule has 0 saturated heterocycles. The van der Waals surface area contributed by atoms with Gasteiger partial charge in [-0.15, -0.1) is 0 Å². The van der Waals surface area contributed by atoms with Crippen molar-refractivity contribution < 1.29 is 19.5 Å². The third-order valence-electron chi connectivity index (χ3n) is 4.81. The minimum absolute atomic E-state index is 0.0385. The van der Waals surface area contributed by atoms with E-state index in [4.69, 9.17) is 20.6 Å². The fourth-order valence-corrected chi connectivity index (χ4v) is 3.24. The van der Waals surface area contributed by atoms with Crippen LogP contribution in [0.4, 0.5) is 5.69 Å². The number of imidazole rings is 1. The Bertz CT molecular complexity index is 1110. The maximum absolute atomic E-state index is 12.9. The number of hydrogen-bond donors (Lipinski definition) is 4. The molecule has 0 spiro atoms. The summed E-state index contributed by atoms with van der Waals surface area (Å²) in [7, 11) is 0. The van der Waals surface area contributed by atoms with Gasteiger partial charge >= 0.3 is 5.97 Å². The molecule has 0 aliphatic carbocycles. The van der Waals surface area contributed by atoms with E-state index in [1.165, 1.54) is 0 Å². The molecule has 0 aliphatic heterocycles. The van der Waals surface area contributed by atoms with Gasteiger partial charge in [-0.05, 0) is 68.8 Å². The number of nitrogen functional groups attached to an aromatic ring is 1. The lowest BCUT2D eigenvalue weighted by Gasteiger charge is -2.21. The number of hydrogen-bond acceptors (Lipinski definition) is 7. The Labute approximate surface area is 186 Å². The van der Waals surface area contributed by atoms with Gasteiger partial charge in [-0.3, -0.25) is 5.41 Å². The summed E-state index contributed by atoms with van der Waals surface area (Å²) in [6, 6.07) is 11.4. The summed E-state index contributed by atoms with van der Waals surface area (Å²) < 4.78 is 12.0. The number of anilines is 1. The Morgan fingerprint density at radius 2 is 1.94 bits per heavy atom. The van der Waals surface area contributed by atoms with Crippen LogP contribution >= 0.6 is 0 Å². The van der Waals surface area contributed by atoms with Crippen molar-refractivity contribution in [3.63, 3.8) is 0 Å². The van der Waals surface area contributed by atoms with Crippen molar-refractivity contribution in [3.8, 4) is 17.0 Å². The Morgan fingerprint density at radius 3 is 2.50 bits per heavy atom. The molecule has 1 atom stereocenters. The zero-order chi connectivity index (χ0) is 23.3. The maximum atomic E-state index is 12.9. The van der Waals surface area contributed by atoms with Crippen molar-refractivity contribution in [2.24, 2.45) is 5.73 Å². The van der Waals surface area contributed by atoms with Crippen LogP contribution in [0.25, 0.3) is 11.3 Å². The zero-order valence-electron chi connectivity index (χ0n) is 18.3. The predicted octanol–water partition coefficient (Wildman–Crippen LogP) is 3.49. The Hall–Kier alpha value is -4.01. The van der Waals surface area contributed by atoms with Crippen LogP contribution in [0.1, 0.15) is 36.8 Å². The second kappa shape index (κ2) is 9.86. The standard InChI is InChI=1S/C23H27N5O4/c1-4-31-19-11-16(20-13-26-14(3)28(20)30)10-17(12-19)21(23(29)32-5-2)27-18-8-6-15(7-9-18)22(24)25/h6-13,21,27,30H,4-5H2,1-3H3,(H3,24,25). The summed E-state index contributed by atoms with van der Waals surface area (Å²) in [5.41, 5.74) is 8.46. The number of nitrogens with two attached hydrogens (primary N) is 1. The number of esters is 1. The monoisotopic (exact) mass is 437 g/mol. The van der Waals surface area contributed by atoms with E-state index in [9.17, 15) is 10.0 Å². The van der Waals surface area contributed by atoms with E-state index in [1.54, 1.807) is 62.5 Å². The second-order valence-electron chi connectivity index (χ2n) is 7.05. The number of nitrogens with zero attached hydrogens (tertiary/aromatic N) is 2. The van der Waals surface area contributed by atoms with Gasteiger partial charge in [-0.2, -0.15) is 4.73 Å². The lowest BCUT2D eigenvalue weighted by molar-refractivity contribution is -0.144. The van der Waals surface area contributed by atoms with Crippen molar-refractivity contribution in [2.45, 2.75) is 26.8 Å². The number of ether oxygens (including phenoxy) is 2. The molecule has 1 heterocycles. The number of aryl methyl sites for hydroxylation is 1. The molecular weight excluding hydrogens is 410 g/mol. The first kappa shape index (κ1) is 22.7. The van der Waals surface area contributed by atoms with Crippen LogP contribution in [-0.4, -0.2) is 39.9 Å². The Balaban J connectivity index is 2.05. The van der Waals surface area contributed by atoms with Gasteiger partial charge in [-0.25, -0.2) is 9.78 Å². The normalized spacial score (nSPS) is 11.6. The molecule has 3 aromatic rings. The van der Waals surface area contributed by atoms with Gasteiger partial charge in [-0.1, -0.05) is 0 Å². The first-order chi connectivity index (χ1) is 15.3. The highest BCUT2D eigenvalue weighted by Crippen LogP contribution is 2.31. The molecule has 0 aliphatic rings. The molecule has 9 heteroatoms. The molecule has 3 rings (SSSR count). The van der Waals surface area contributed by atoms with Crippen LogP contribution in [0.2, 0.25) is 0 Å². The number of rotatable bonds is 9. The van der Waals surface area contributed by atoms with Gasteiger partial charge in [0.15, 0.2) is 6.04 Å². The van der Waals surface area contributed by atoms with Crippen LogP contribution in [-0.2, 0) is 9.53 Å². The summed E-state index contributed by atoms with van der Waals surface area (Å²) in [5.74, 6) is 0.482. The lowest BCUT2D eigenvalue weighted by Crippen LogP contribution is -2.23. The summed E-state index contributed by atoms with van der Waals surface area (Å²) in [6.45, 7) is 5.95. The average Bonchev–Trinajstić information content (AvgIpc) is 3.11. The summed E-state index contributed by atoms with van der Waals surface area (Å²) in [4.78, 5) is 17.0. The van der Waals surface area contributed by atoms with E-state index < -0.39 is 12.0 Å². The fourth-order valence-electron chi connectivity index (χ4n) is 3.24. The SMILES string of the molecule is CCOC(=O)C(Nc1ccc(C(=N)N)cc1)c1cc(OCC)cc(-c2cnc(C)n2O)c1. The number of amidine groups is 1. The van der Waals surface area contributed by atoms with E-state index in [1.807, 2.05) is 6.92 Å². The molecular formula is C23H27N5O4. The van der Waals surface area contributed by atoms with Crippen LogP contribution in [0.5, 0.6) is 5.75 Å². The van der Waals surface area contributed by atoms with E-state index >= 15 is 0 Å². The van der Waals surface area contributed by atoms with Gasteiger partial charge in [0.2, 0.25) is 0 Å². The van der Waals surface area contributed by atoms with Crippen LogP contribution in [0.3, 0.4) is 0 Å². The zero-order valence-corrected chi connectivity index (χ0v) is 18.3. The topological polar surface area (TPSA) is 135 Å². The van der Waals surface area contributed by atoms with Crippen molar-refractivity contribution in [3.05, 3.63) is 65.6 Å². The molecule has 1 aromatic heterocycles. The molecule has 168 valence electrons. The quantitative estimate of drug-likeness (QED) is 0.174. The van der Waals surface area contributed by atoms with E-state index in [2.05, 4.69) is 10.3 Å². The van der Waals surface area contributed by atoms with Crippen molar-refractivity contribution in [1.29, 1.82) is 5.41 Å². The molecule has 0 saturated carbocycles. The largest absolute Gasteiger partial charge is 0.494 e. The molecule has 0 amide bonds. The van der Waals surface area contributed by atoms with Crippen LogP contribution < -0.4 is 15.8 Å². The van der Waals surface area contributed by atoms with E-state index in [-0.39, 0.29) is 12.4 Å². The molecule has 2 aromatic carbocycles. The third kappa shape index (κ3) is 5.00. The van der Waals surface area contributed by atoms with Gasteiger partial charge in [0, 0.05) is 16.8 Å². The van der Waals surface area contributed by atoms with Crippen LogP contribution in [0.15, 0.2) is 48.7 Å². The van der Waals surface area contributed by atoms with Crippen molar-refractivity contribution in [2.75, 3.05) is 18.5 Å². The minimum Gasteiger partial charge on any atom is -0.494 e. The number of carbonyl (C=O) groups excluding carboxylic acids is 1. The number of carbonyl (C=O) groups is 1. The third-order valence-corrected chi connectivity index (χ3v) is 4.81. The van der Waals surface area contributed by atoms with Crippen LogP contribution in [0, 0.1) is 12.3 Å². The molecule has 32 heavy (non-hydrogen) atoms. The molecule has 1 unspecified atom stereocenters. The summed E-state index contributed by atoms with van der Waals surface area (Å²) >= 11 is 0. The van der Waals surface area contributed by atoms with Gasteiger partial charge in [0.05, 0.1) is 19.4 Å². The number of nitrogens with one attached hydrogen (secondary N) is 2. The minimum atomic E-state index is -0.839. The first-order valence-electron chi connectivity index (χ1n) is 10.2. The fraction of sp³-hybridized carbons (Fsp3) is 0.261. The second-order valence-corrected chi connectivity index (χ2v) is 7.05. The average molecular weight is 438 g/mol. The highest BCUT2D eigenvalue weighted by Gasteiger charge is 2.24. The molecule has 5 N–H and O–H groups in total. The maximum Gasteiger partial charge on any atom is 0.333 e.